The molecule has 0 bridgehead atoms. The average molecular weight is 219 g/mol. The minimum atomic E-state index is 0.795. The molecule has 3 nitrogen and oxygen atoms in total. The van der Waals surface area contributed by atoms with E-state index in [1.165, 1.54) is 24.1 Å². The maximum absolute atomic E-state index is 4.53. The van der Waals surface area contributed by atoms with Crippen LogP contribution in [0.1, 0.15) is 29.8 Å². The van der Waals surface area contributed by atoms with Crippen LogP contribution < -0.4 is 5.32 Å². The largest absolute Gasteiger partial charge is 0.314 e. The standard InChI is InChI=1S/C13H21N3/c1-4-9-16-11(3)13(10(2)15-16)7-8-14-12-5-6-12/h4,12,14H,1,5-9H2,2-3H3. The van der Waals surface area contributed by atoms with Crippen LogP contribution in [0.3, 0.4) is 0 Å². The molecular formula is C13H21N3. The molecule has 1 N–H and O–H groups in total. The van der Waals surface area contributed by atoms with Gasteiger partial charge in [0, 0.05) is 11.7 Å². The third kappa shape index (κ3) is 2.53. The van der Waals surface area contributed by atoms with Gasteiger partial charge >= 0.3 is 0 Å². The Balaban J connectivity index is 1.97. The van der Waals surface area contributed by atoms with Gasteiger partial charge in [-0.1, -0.05) is 6.08 Å². The molecule has 0 radical (unpaired) electrons. The first-order chi connectivity index (χ1) is 7.72. The topological polar surface area (TPSA) is 29.9 Å². The van der Waals surface area contributed by atoms with Crippen LogP contribution in [0.15, 0.2) is 12.7 Å². The Morgan fingerprint density at radius 2 is 2.25 bits per heavy atom. The molecule has 3 heteroatoms. The van der Waals surface area contributed by atoms with Gasteiger partial charge in [-0.25, -0.2) is 0 Å². The van der Waals surface area contributed by atoms with Crippen molar-refractivity contribution < 1.29 is 0 Å². The van der Waals surface area contributed by atoms with E-state index < -0.39 is 0 Å². The van der Waals surface area contributed by atoms with Crippen molar-refractivity contribution in [3.8, 4) is 0 Å². The number of nitrogens with one attached hydrogen (secondary N) is 1. The summed E-state index contributed by atoms with van der Waals surface area (Å²) in [6.45, 7) is 9.89. The SMILES string of the molecule is C=CCn1nc(C)c(CCNC2CC2)c1C. The van der Waals surface area contributed by atoms with Crippen molar-refractivity contribution in [1.29, 1.82) is 0 Å². The van der Waals surface area contributed by atoms with Gasteiger partial charge in [-0.15, -0.1) is 6.58 Å². The fraction of sp³-hybridized carbons (Fsp3) is 0.615. The number of hydrogen-bond acceptors (Lipinski definition) is 2. The molecule has 0 atom stereocenters. The number of aromatic nitrogens is 2. The lowest BCUT2D eigenvalue weighted by Crippen LogP contribution is -2.19. The number of hydrogen-bond donors (Lipinski definition) is 1. The number of aryl methyl sites for hydroxylation is 1. The van der Waals surface area contributed by atoms with Crippen LogP contribution in [0, 0.1) is 13.8 Å². The van der Waals surface area contributed by atoms with Gasteiger partial charge in [0.2, 0.25) is 0 Å². The van der Waals surface area contributed by atoms with Gasteiger partial charge < -0.3 is 5.32 Å². The summed E-state index contributed by atoms with van der Waals surface area (Å²) in [5.41, 5.74) is 3.85. The van der Waals surface area contributed by atoms with E-state index in [1.807, 2.05) is 10.8 Å². The van der Waals surface area contributed by atoms with Gasteiger partial charge in [0.05, 0.1) is 12.2 Å². The molecule has 1 heterocycles. The molecule has 0 amide bonds. The molecule has 1 aliphatic rings. The second kappa shape index (κ2) is 4.83. The van der Waals surface area contributed by atoms with Crippen LogP contribution in [0.2, 0.25) is 0 Å². The van der Waals surface area contributed by atoms with E-state index in [0.717, 1.165) is 31.2 Å². The Kier molecular flexibility index (Phi) is 3.44. The van der Waals surface area contributed by atoms with E-state index >= 15 is 0 Å². The van der Waals surface area contributed by atoms with Crippen LogP contribution in [0.4, 0.5) is 0 Å². The smallest absolute Gasteiger partial charge is 0.0629 e. The molecule has 1 saturated carbocycles. The fourth-order valence-corrected chi connectivity index (χ4v) is 2.08. The van der Waals surface area contributed by atoms with Crippen molar-refractivity contribution in [2.75, 3.05) is 6.54 Å². The second-order valence-electron chi connectivity index (χ2n) is 4.60. The zero-order valence-corrected chi connectivity index (χ0v) is 10.3. The highest BCUT2D eigenvalue weighted by atomic mass is 15.3. The summed E-state index contributed by atoms with van der Waals surface area (Å²) in [4.78, 5) is 0. The van der Waals surface area contributed by atoms with Crippen molar-refractivity contribution in [2.24, 2.45) is 0 Å². The van der Waals surface area contributed by atoms with Gasteiger partial charge in [-0.05, 0) is 45.2 Å². The minimum absolute atomic E-state index is 0.795. The highest BCUT2D eigenvalue weighted by Crippen LogP contribution is 2.19. The summed E-state index contributed by atoms with van der Waals surface area (Å²) in [6, 6.07) is 0.795. The Morgan fingerprint density at radius 3 is 2.88 bits per heavy atom. The van der Waals surface area contributed by atoms with Gasteiger partial charge in [0.15, 0.2) is 0 Å². The molecule has 0 saturated heterocycles. The number of allylic oxidation sites excluding steroid dienone is 1. The quantitative estimate of drug-likeness (QED) is 0.741. The third-order valence-electron chi connectivity index (χ3n) is 3.22. The lowest BCUT2D eigenvalue weighted by Gasteiger charge is -2.04. The van der Waals surface area contributed by atoms with Crippen LogP contribution in [-0.2, 0) is 13.0 Å². The first-order valence-corrected chi connectivity index (χ1v) is 6.09. The molecule has 1 fully saturated rings. The maximum atomic E-state index is 4.53. The van der Waals surface area contributed by atoms with Crippen LogP contribution in [0.25, 0.3) is 0 Å². The van der Waals surface area contributed by atoms with Crippen LogP contribution >= 0.6 is 0 Å². The molecule has 1 aromatic heterocycles. The van der Waals surface area contributed by atoms with Crippen molar-refractivity contribution in [2.45, 2.75) is 45.7 Å². The lowest BCUT2D eigenvalue weighted by atomic mass is 10.1. The molecule has 88 valence electrons. The van der Waals surface area contributed by atoms with Gasteiger partial charge in [0.25, 0.3) is 0 Å². The van der Waals surface area contributed by atoms with Gasteiger partial charge in [-0.3, -0.25) is 4.68 Å². The third-order valence-corrected chi connectivity index (χ3v) is 3.22. The lowest BCUT2D eigenvalue weighted by molar-refractivity contribution is 0.665. The minimum Gasteiger partial charge on any atom is -0.314 e. The molecule has 0 aromatic carbocycles. The first-order valence-electron chi connectivity index (χ1n) is 6.09. The first kappa shape index (κ1) is 11.4. The normalized spacial score (nSPS) is 15.4. The molecular weight excluding hydrogens is 198 g/mol. The van der Waals surface area contributed by atoms with Crippen molar-refractivity contribution in [3.63, 3.8) is 0 Å². The van der Waals surface area contributed by atoms with E-state index in [9.17, 15) is 0 Å². The van der Waals surface area contributed by atoms with Gasteiger partial charge in [0.1, 0.15) is 0 Å². The van der Waals surface area contributed by atoms with Crippen molar-refractivity contribution in [3.05, 3.63) is 29.6 Å². The predicted molar refractivity (Wildman–Crippen MR) is 66.6 cm³/mol. The number of rotatable bonds is 6. The predicted octanol–water partition coefficient (Wildman–Crippen LogP) is 1.98. The Hall–Kier alpha value is -1.09. The summed E-state index contributed by atoms with van der Waals surface area (Å²) in [7, 11) is 0. The summed E-state index contributed by atoms with van der Waals surface area (Å²) in [5.74, 6) is 0. The Labute approximate surface area is 97.5 Å². The van der Waals surface area contributed by atoms with Crippen molar-refractivity contribution >= 4 is 0 Å². The molecule has 0 spiro atoms. The molecule has 0 unspecified atom stereocenters. The molecule has 16 heavy (non-hydrogen) atoms. The van der Waals surface area contributed by atoms with E-state index in [2.05, 4.69) is 30.8 Å². The Bertz CT molecular complexity index is 375. The van der Waals surface area contributed by atoms with Gasteiger partial charge in [-0.2, -0.15) is 5.10 Å². The maximum Gasteiger partial charge on any atom is 0.0629 e. The van der Waals surface area contributed by atoms with E-state index in [-0.39, 0.29) is 0 Å². The zero-order valence-electron chi connectivity index (χ0n) is 10.3. The number of nitrogens with zero attached hydrogens (tertiary/aromatic N) is 2. The second-order valence-corrected chi connectivity index (χ2v) is 4.60. The molecule has 1 aliphatic carbocycles. The monoisotopic (exact) mass is 219 g/mol. The van der Waals surface area contributed by atoms with E-state index in [0.29, 0.717) is 0 Å². The van der Waals surface area contributed by atoms with Crippen LogP contribution in [-0.4, -0.2) is 22.4 Å². The van der Waals surface area contributed by atoms with E-state index in [4.69, 9.17) is 0 Å². The van der Waals surface area contributed by atoms with Crippen molar-refractivity contribution in [1.82, 2.24) is 15.1 Å². The highest BCUT2D eigenvalue weighted by molar-refractivity contribution is 5.25. The fourth-order valence-electron chi connectivity index (χ4n) is 2.08. The summed E-state index contributed by atoms with van der Waals surface area (Å²) in [5, 5.41) is 8.07. The van der Waals surface area contributed by atoms with E-state index in [1.54, 1.807) is 0 Å². The average Bonchev–Trinajstić information content (AvgIpc) is 3.02. The molecule has 0 aliphatic heterocycles. The molecule has 2 rings (SSSR count). The zero-order chi connectivity index (χ0) is 11.5. The van der Waals surface area contributed by atoms with Crippen LogP contribution in [0.5, 0.6) is 0 Å². The molecule has 1 aromatic rings. The summed E-state index contributed by atoms with van der Waals surface area (Å²) >= 11 is 0. The summed E-state index contributed by atoms with van der Waals surface area (Å²) < 4.78 is 2.04. The Morgan fingerprint density at radius 1 is 1.50 bits per heavy atom. The highest BCUT2D eigenvalue weighted by Gasteiger charge is 2.20. The summed E-state index contributed by atoms with van der Waals surface area (Å²) in [6.07, 6.45) is 5.69.